The predicted octanol–water partition coefficient (Wildman–Crippen LogP) is 2.10. The van der Waals surface area contributed by atoms with Crippen LogP contribution in [0.3, 0.4) is 0 Å². The van der Waals surface area contributed by atoms with Crippen LogP contribution in [0.5, 0.6) is 0 Å². The fraction of sp³-hybridized carbons (Fsp3) is 0.467. The first kappa shape index (κ1) is 16.4. The van der Waals surface area contributed by atoms with Gasteiger partial charge in [0.2, 0.25) is 10.0 Å². The predicted molar refractivity (Wildman–Crippen MR) is 88.0 cm³/mol. The highest BCUT2D eigenvalue weighted by Gasteiger charge is 2.27. The molecule has 0 aliphatic carbocycles. The summed E-state index contributed by atoms with van der Waals surface area (Å²) in [5.74, 6) is 1.73. The first-order chi connectivity index (χ1) is 10.9. The summed E-state index contributed by atoms with van der Waals surface area (Å²) in [5.41, 5.74) is 0.562. The van der Waals surface area contributed by atoms with Crippen LogP contribution in [0.4, 0.5) is 0 Å². The Kier molecular flexibility index (Phi) is 4.44. The molecule has 1 atom stereocenters. The van der Waals surface area contributed by atoms with Gasteiger partial charge in [-0.2, -0.15) is 5.10 Å². The average Bonchev–Trinajstić information content (AvgIpc) is 2.91. The Morgan fingerprint density at radius 1 is 1.43 bits per heavy atom. The summed E-state index contributed by atoms with van der Waals surface area (Å²) in [6.07, 6.45) is 2.20. The molecule has 0 saturated heterocycles. The van der Waals surface area contributed by atoms with Crippen LogP contribution in [0, 0.1) is 6.92 Å². The third kappa shape index (κ3) is 3.27. The number of nitrogens with zero attached hydrogens (tertiary/aromatic N) is 3. The Morgan fingerprint density at radius 3 is 2.96 bits per heavy atom. The van der Waals surface area contributed by atoms with Crippen LogP contribution in [-0.4, -0.2) is 29.2 Å². The van der Waals surface area contributed by atoms with Crippen LogP contribution in [-0.2, 0) is 29.4 Å². The largest absolute Gasteiger partial charge is 0.248 e. The number of halogens is 1. The zero-order chi connectivity index (χ0) is 16.6. The minimum absolute atomic E-state index is 0.197. The van der Waals surface area contributed by atoms with Crippen LogP contribution in [0.2, 0.25) is 5.02 Å². The van der Waals surface area contributed by atoms with Crippen LogP contribution < -0.4 is 4.72 Å². The number of sulfonamides is 1. The molecule has 0 amide bonds. The van der Waals surface area contributed by atoms with E-state index in [9.17, 15) is 8.42 Å². The number of rotatable bonds is 4. The summed E-state index contributed by atoms with van der Waals surface area (Å²) >= 11 is 6.03. The molecule has 1 N–H and O–H groups in total. The molecule has 1 aromatic carbocycles. The molecule has 1 unspecified atom stereocenters. The lowest BCUT2D eigenvalue weighted by atomic mass is 10.1. The van der Waals surface area contributed by atoms with E-state index in [0.29, 0.717) is 30.0 Å². The Morgan fingerprint density at radius 2 is 2.22 bits per heavy atom. The molecule has 6 nitrogen and oxygen atoms in total. The fourth-order valence-electron chi connectivity index (χ4n) is 2.77. The van der Waals surface area contributed by atoms with Crippen molar-refractivity contribution in [1.29, 1.82) is 0 Å². The zero-order valence-corrected chi connectivity index (χ0v) is 14.7. The first-order valence-electron chi connectivity index (χ1n) is 7.60. The summed E-state index contributed by atoms with van der Waals surface area (Å²) in [7, 11) is -3.61. The molecule has 0 saturated carbocycles. The molecule has 0 radical (unpaired) electrons. The first-order valence-corrected chi connectivity index (χ1v) is 9.47. The molecular weight excluding hydrogens is 336 g/mol. The topological polar surface area (TPSA) is 76.9 Å². The smallest absolute Gasteiger partial charge is 0.241 e. The van der Waals surface area contributed by atoms with Crippen LogP contribution >= 0.6 is 11.6 Å². The van der Waals surface area contributed by atoms with E-state index < -0.39 is 10.0 Å². The van der Waals surface area contributed by atoms with Crippen LogP contribution in [0.15, 0.2) is 23.1 Å². The highest BCUT2D eigenvalue weighted by Crippen LogP contribution is 2.24. The van der Waals surface area contributed by atoms with E-state index in [-0.39, 0.29) is 10.9 Å². The van der Waals surface area contributed by atoms with E-state index in [1.54, 1.807) is 29.8 Å². The number of hydrogen-bond donors (Lipinski definition) is 1. The van der Waals surface area contributed by atoms with E-state index >= 15 is 0 Å². The van der Waals surface area contributed by atoms with Crippen molar-refractivity contribution < 1.29 is 8.42 Å². The molecule has 0 spiro atoms. The van der Waals surface area contributed by atoms with Gasteiger partial charge in [0, 0.05) is 23.9 Å². The van der Waals surface area contributed by atoms with Crippen molar-refractivity contribution in [2.24, 2.45) is 0 Å². The van der Waals surface area contributed by atoms with Gasteiger partial charge in [-0.25, -0.2) is 22.8 Å². The van der Waals surface area contributed by atoms with Gasteiger partial charge in [0.1, 0.15) is 5.82 Å². The lowest BCUT2D eigenvalue weighted by Crippen LogP contribution is -2.41. The molecule has 3 rings (SSSR count). The minimum Gasteiger partial charge on any atom is -0.248 e. The number of nitrogens with one attached hydrogen (secondary N) is 1. The number of aryl methyl sites for hydroxylation is 2. The summed E-state index contributed by atoms with van der Waals surface area (Å²) in [4.78, 5) is 4.67. The van der Waals surface area contributed by atoms with Gasteiger partial charge in [-0.05, 0) is 31.0 Å². The van der Waals surface area contributed by atoms with Gasteiger partial charge in [-0.15, -0.1) is 0 Å². The van der Waals surface area contributed by atoms with E-state index in [4.69, 9.17) is 11.6 Å². The van der Waals surface area contributed by atoms with Crippen molar-refractivity contribution in [3.63, 3.8) is 0 Å². The molecule has 124 valence electrons. The lowest BCUT2D eigenvalue weighted by Gasteiger charge is -2.23. The summed E-state index contributed by atoms with van der Waals surface area (Å²) in [6, 6.07) is 4.71. The minimum atomic E-state index is -3.61. The summed E-state index contributed by atoms with van der Waals surface area (Å²) in [5, 5.41) is 4.85. The molecule has 0 bridgehead atoms. The van der Waals surface area contributed by atoms with E-state index in [1.807, 2.05) is 6.92 Å². The molecule has 2 aromatic rings. The van der Waals surface area contributed by atoms with Crippen molar-refractivity contribution in [3.05, 3.63) is 40.4 Å². The molecule has 1 aliphatic heterocycles. The lowest BCUT2D eigenvalue weighted by molar-refractivity contribution is 0.394. The maximum absolute atomic E-state index is 12.6. The van der Waals surface area contributed by atoms with E-state index in [2.05, 4.69) is 14.8 Å². The van der Waals surface area contributed by atoms with Crippen molar-refractivity contribution in [2.75, 3.05) is 0 Å². The summed E-state index contributed by atoms with van der Waals surface area (Å²) < 4.78 is 29.8. The second-order valence-corrected chi connectivity index (χ2v) is 7.79. The molecule has 0 fully saturated rings. The van der Waals surface area contributed by atoms with Gasteiger partial charge in [-0.3, -0.25) is 0 Å². The Hall–Kier alpha value is -1.44. The zero-order valence-electron chi connectivity index (χ0n) is 13.1. The van der Waals surface area contributed by atoms with Gasteiger partial charge >= 0.3 is 0 Å². The Bertz CT molecular complexity index is 832. The van der Waals surface area contributed by atoms with E-state index in [0.717, 1.165) is 18.1 Å². The number of hydrogen-bond acceptors (Lipinski definition) is 4. The van der Waals surface area contributed by atoms with Gasteiger partial charge in [0.05, 0.1) is 11.4 Å². The van der Waals surface area contributed by atoms with Gasteiger partial charge < -0.3 is 0 Å². The van der Waals surface area contributed by atoms with Crippen LogP contribution in [0.1, 0.15) is 30.6 Å². The van der Waals surface area contributed by atoms with Crippen molar-refractivity contribution in [2.45, 2.75) is 50.6 Å². The average molecular weight is 355 g/mol. The normalized spacial score (nSPS) is 18.0. The second-order valence-electron chi connectivity index (χ2n) is 5.70. The van der Waals surface area contributed by atoms with Gasteiger partial charge in [0.25, 0.3) is 0 Å². The standard InChI is InChI=1S/C15H19ClN4O2S/c1-3-14-17-15-8-7-11(9-20(15)18-14)19-23(21,22)13-6-4-5-12(16)10(13)2/h4-6,11,19H,3,7-9H2,1-2H3. The maximum Gasteiger partial charge on any atom is 0.241 e. The second kappa shape index (κ2) is 6.22. The highest BCUT2D eigenvalue weighted by atomic mass is 35.5. The summed E-state index contributed by atoms with van der Waals surface area (Å²) in [6.45, 7) is 4.21. The Labute approximate surface area is 140 Å². The molecule has 23 heavy (non-hydrogen) atoms. The van der Waals surface area contributed by atoms with Gasteiger partial charge in [-0.1, -0.05) is 24.6 Å². The Balaban J connectivity index is 1.80. The monoisotopic (exact) mass is 354 g/mol. The molecule has 1 aliphatic rings. The molecule has 8 heteroatoms. The molecular formula is C15H19ClN4O2S. The van der Waals surface area contributed by atoms with E-state index in [1.165, 1.54) is 0 Å². The fourth-order valence-corrected chi connectivity index (χ4v) is 4.53. The van der Waals surface area contributed by atoms with Crippen molar-refractivity contribution in [3.8, 4) is 0 Å². The molecule has 1 aromatic heterocycles. The van der Waals surface area contributed by atoms with Gasteiger partial charge in [0.15, 0.2) is 5.82 Å². The third-order valence-electron chi connectivity index (χ3n) is 4.05. The number of aromatic nitrogens is 3. The number of fused-ring (bicyclic) bond motifs is 1. The highest BCUT2D eigenvalue weighted by molar-refractivity contribution is 7.89. The van der Waals surface area contributed by atoms with Crippen molar-refractivity contribution >= 4 is 21.6 Å². The number of benzene rings is 1. The third-order valence-corrected chi connectivity index (χ3v) is 6.12. The van der Waals surface area contributed by atoms with Crippen molar-refractivity contribution in [1.82, 2.24) is 19.5 Å². The molecule has 2 heterocycles. The quantitative estimate of drug-likeness (QED) is 0.912. The maximum atomic E-state index is 12.6. The van der Waals surface area contributed by atoms with Crippen LogP contribution in [0.25, 0.3) is 0 Å². The SMILES string of the molecule is CCc1nc2n(n1)CC(NS(=O)(=O)c1cccc(Cl)c1C)CC2.